The Balaban J connectivity index is 2.80. The molecule has 0 spiro atoms. The van der Waals surface area contributed by atoms with Gasteiger partial charge in [-0.05, 0) is 26.3 Å². The van der Waals surface area contributed by atoms with Gasteiger partial charge in [-0.2, -0.15) is 0 Å². The molecule has 8 nitrogen and oxygen atoms in total. The highest BCUT2D eigenvalue weighted by Crippen LogP contribution is 2.08. The third-order valence-electron chi connectivity index (χ3n) is 3.19. The van der Waals surface area contributed by atoms with E-state index in [-0.39, 0.29) is 13.0 Å². The van der Waals surface area contributed by atoms with E-state index in [4.69, 9.17) is 4.74 Å². The molecular weight excluding hydrogens is 338 g/mol. The number of ether oxygens (including phenoxy) is 2. The second-order valence-corrected chi connectivity index (χ2v) is 6.80. The van der Waals surface area contributed by atoms with Crippen LogP contribution < -0.4 is 10.7 Å². The lowest BCUT2D eigenvalue weighted by Crippen LogP contribution is -2.53. The SMILES string of the molecule is COC(=O)CN(C)NC(=O)[C@H](Cc1ccccc1)NC(=O)OC(C)(C)C. The van der Waals surface area contributed by atoms with Gasteiger partial charge in [0.1, 0.15) is 18.2 Å². The molecule has 0 aliphatic carbocycles. The van der Waals surface area contributed by atoms with Crippen LogP contribution in [0, 0.1) is 0 Å². The summed E-state index contributed by atoms with van der Waals surface area (Å²) in [6.45, 7) is 5.10. The van der Waals surface area contributed by atoms with Crippen molar-refractivity contribution in [1.29, 1.82) is 0 Å². The van der Waals surface area contributed by atoms with Crippen molar-refractivity contribution in [3.63, 3.8) is 0 Å². The summed E-state index contributed by atoms with van der Waals surface area (Å²) in [5.74, 6) is -0.960. The highest BCUT2D eigenvalue weighted by Gasteiger charge is 2.25. The first-order chi connectivity index (χ1) is 12.1. The van der Waals surface area contributed by atoms with Crippen LogP contribution in [0.15, 0.2) is 30.3 Å². The fraction of sp³-hybridized carbons (Fsp3) is 0.500. The molecule has 0 aromatic heterocycles. The third-order valence-corrected chi connectivity index (χ3v) is 3.19. The minimum atomic E-state index is -0.868. The summed E-state index contributed by atoms with van der Waals surface area (Å²) in [4.78, 5) is 35.9. The van der Waals surface area contributed by atoms with Gasteiger partial charge in [0.2, 0.25) is 0 Å². The Kier molecular flexibility index (Phi) is 8.05. The second kappa shape index (κ2) is 9.76. The van der Waals surface area contributed by atoms with E-state index in [2.05, 4.69) is 15.5 Å². The Morgan fingerprint density at radius 2 is 1.77 bits per heavy atom. The van der Waals surface area contributed by atoms with E-state index >= 15 is 0 Å². The number of rotatable bonds is 7. The number of hydrogen-bond donors (Lipinski definition) is 2. The van der Waals surface area contributed by atoms with Crippen molar-refractivity contribution >= 4 is 18.0 Å². The van der Waals surface area contributed by atoms with Crippen LogP contribution >= 0.6 is 0 Å². The van der Waals surface area contributed by atoms with Crippen LogP contribution in [0.5, 0.6) is 0 Å². The van der Waals surface area contributed by atoms with Crippen molar-refractivity contribution in [1.82, 2.24) is 15.8 Å². The Morgan fingerprint density at radius 1 is 1.15 bits per heavy atom. The lowest BCUT2D eigenvalue weighted by molar-refractivity contribution is -0.143. The molecule has 0 fully saturated rings. The Labute approximate surface area is 153 Å². The zero-order valence-corrected chi connectivity index (χ0v) is 15.9. The number of alkyl carbamates (subject to hydrolysis) is 1. The van der Waals surface area contributed by atoms with Crippen molar-refractivity contribution in [3.8, 4) is 0 Å². The van der Waals surface area contributed by atoms with Gasteiger partial charge in [-0.15, -0.1) is 0 Å². The number of hydrogen-bond acceptors (Lipinski definition) is 6. The molecule has 1 atom stereocenters. The summed E-state index contributed by atoms with van der Waals surface area (Å²) in [7, 11) is 2.79. The predicted molar refractivity (Wildman–Crippen MR) is 96.1 cm³/mol. The molecule has 0 saturated carbocycles. The monoisotopic (exact) mass is 365 g/mol. The highest BCUT2D eigenvalue weighted by atomic mass is 16.6. The summed E-state index contributed by atoms with van der Waals surface area (Å²) in [5.41, 5.74) is 2.75. The Hall–Kier alpha value is -2.61. The van der Waals surface area contributed by atoms with Gasteiger partial charge in [-0.25, -0.2) is 9.80 Å². The van der Waals surface area contributed by atoms with Crippen LogP contribution in [0.4, 0.5) is 4.79 Å². The Morgan fingerprint density at radius 3 is 2.31 bits per heavy atom. The standard InChI is InChI=1S/C18H27N3O5/c1-18(2,3)26-17(24)19-14(11-13-9-7-6-8-10-13)16(23)20-21(4)12-15(22)25-5/h6-10,14H,11-12H2,1-5H3,(H,19,24)(H,20,23)/t14-/m0/s1. The molecular formula is C18H27N3O5. The maximum atomic E-state index is 12.6. The van der Waals surface area contributed by atoms with Gasteiger partial charge < -0.3 is 14.8 Å². The van der Waals surface area contributed by atoms with Crippen molar-refractivity contribution in [2.45, 2.75) is 38.8 Å². The summed E-state index contributed by atoms with van der Waals surface area (Å²) < 4.78 is 9.78. The van der Waals surface area contributed by atoms with E-state index in [0.29, 0.717) is 0 Å². The molecule has 26 heavy (non-hydrogen) atoms. The van der Waals surface area contributed by atoms with Gasteiger partial charge in [0.05, 0.1) is 7.11 Å². The second-order valence-electron chi connectivity index (χ2n) is 6.80. The van der Waals surface area contributed by atoms with Crippen LogP contribution in [0.25, 0.3) is 0 Å². The van der Waals surface area contributed by atoms with E-state index in [1.165, 1.54) is 19.2 Å². The number of esters is 1. The smallest absolute Gasteiger partial charge is 0.408 e. The maximum absolute atomic E-state index is 12.6. The van der Waals surface area contributed by atoms with E-state index < -0.39 is 29.6 Å². The predicted octanol–water partition coefficient (Wildman–Crippen LogP) is 1.26. The molecule has 0 unspecified atom stereocenters. The van der Waals surface area contributed by atoms with Crippen molar-refractivity contribution in [3.05, 3.63) is 35.9 Å². The molecule has 8 heteroatoms. The lowest BCUT2D eigenvalue weighted by Gasteiger charge is -2.25. The van der Waals surface area contributed by atoms with Crippen molar-refractivity contribution in [2.24, 2.45) is 0 Å². The first-order valence-electron chi connectivity index (χ1n) is 8.22. The first kappa shape index (κ1) is 21.4. The van der Waals surface area contributed by atoms with Gasteiger partial charge in [0, 0.05) is 13.5 Å². The molecule has 0 radical (unpaired) electrons. The highest BCUT2D eigenvalue weighted by molar-refractivity contribution is 5.86. The largest absolute Gasteiger partial charge is 0.468 e. The molecule has 2 N–H and O–H groups in total. The molecule has 144 valence electrons. The molecule has 1 rings (SSSR count). The quantitative estimate of drug-likeness (QED) is 0.558. The average Bonchev–Trinajstić information content (AvgIpc) is 2.53. The molecule has 0 aliphatic rings. The first-order valence-corrected chi connectivity index (χ1v) is 8.22. The summed E-state index contributed by atoms with van der Waals surface area (Å²) in [6.07, 6.45) is -0.415. The average molecular weight is 365 g/mol. The molecule has 0 aliphatic heterocycles. The van der Waals surface area contributed by atoms with Gasteiger partial charge in [-0.3, -0.25) is 15.0 Å². The third kappa shape index (κ3) is 8.48. The van der Waals surface area contributed by atoms with Crippen LogP contribution in [0.3, 0.4) is 0 Å². The molecule has 0 bridgehead atoms. The van der Waals surface area contributed by atoms with Gasteiger partial charge in [0.25, 0.3) is 5.91 Å². The minimum absolute atomic E-state index is 0.118. The number of nitrogens with one attached hydrogen (secondary N) is 2. The normalized spacial score (nSPS) is 12.2. The number of hydrazine groups is 1. The number of amides is 2. The van der Waals surface area contributed by atoms with Crippen LogP contribution in [0.1, 0.15) is 26.3 Å². The molecule has 1 aromatic carbocycles. The van der Waals surface area contributed by atoms with E-state index in [9.17, 15) is 14.4 Å². The fourth-order valence-electron chi connectivity index (χ4n) is 2.07. The van der Waals surface area contributed by atoms with Gasteiger partial charge in [0.15, 0.2) is 0 Å². The molecule has 0 heterocycles. The number of benzene rings is 1. The Bertz CT molecular complexity index is 613. The molecule has 2 amide bonds. The number of methoxy groups -OCH3 is 1. The summed E-state index contributed by atoms with van der Waals surface area (Å²) >= 11 is 0. The number of likely N-dealkylation sites (N-methyl/N-ethyl adjacent to an activating group) is 1. The van der Waals surface area contributed by atoms with Crippen molar-refractivity contribution < 1.29 is 23.9 Å². The maximum Gasteiger partial charge on any atom is 0.408 e. The van der Waals surface area contributed by atoms with Gasteiger partial charge >= 0.3 is 12.1 Å². The fourth-order valence-corrected chi connectivity index (χ4v) is 2.07. The minimum Gasteiger partial charge on any atom is -0.468 e. The zero-order valence-electron chi connectivity index (χ0n) is 15.9. The number of nitrogens with zero attached hydrogens (tertiary/aromatic N) is 1. The summed E-state index contributed by atoms with van der Waals surface area (Å²) in [6, 6.07) is 8.41. The zero-order chi connectivity index (χ0) is 19.7. The van der Waals surface area contributed by atoms with Gasteiger partial charge in [-0.1, -0.05) is 30.3 Å². The van der Waals surface area contributed by atoms with E-state index in [0.717, 1.165) is 5.56 Å². The van der Waals surface area contributed by atoms with Crippen LogP contribution in [-0.4, -0.2) is 55.3 Å². The number of carbonyl (C=O) groups excluding carboxylic acids is 3. The van der Waals surface area contributed by atoms with Crippen LogP contribution in [-0.2, 0) is 25.5 Å². The van der Waals surface area contributed by atoms with E-state index in [1.807, 2.05) is 30.3 Å². The molecule has 0 saturated heterocycles. The molecule has 1 aromatic rings. The van der Waals surface area contributed by atoms with Crippen molar-refractivity contribution in [2.75, 3.05) is 20.7 Å². The summed E-state index contributed by atoms with van der Waals surface area (Å²) in [5, 5.41) is 3.87. The lowest BCUT2D eigenvalue weighted by atomic mass is 10.1. The van der Waals surface area contributed by atoms with Crippen LogP contribution in [0.2, 0.25) is 0 Å². The number of carbonyl (C=O) groups is 3. The van der Waals surface area contributed by atoms with E-state index in [1.54, 1.807) is 20.8 Å². The topological polar surface area (TPSA) is 97.0 Å².